The Morgan fingerprint density at radius 2 is 1.52 bits per heavy atom. The van der Waals surface area contributed by atoms with Crippen molar-refractivity contribution >= 4 is 17.9 Å². The lowest BCUT2D eigenvalue weighted by Gasteiger charge is -2.37. The van der Waals surface area contributed by atoms with Gasteiger partial charge in [0.2, 0.25) is 17.7 Å². The van der Waals surface area contributed by atoms with E-state index in [1.807, 2.05) is 54.6 Å². The molecule has 274 valence electrons. The van der Waals surface area contributed by atoms with Gasteiger partial charge in [0.1, 0.15) is 0 Å². The van der Waals surface area contributed by atoms with Crippen molar-refractivity contribution in [2.24, 2.45) is 5.92 Å². The normalized spacial score (nSPS) is 14.6. The molecule has 0 unspecified atom stereocenters. The summed E-state index contributed by atoms with van der Waals surface area (Å²) >= 11 is 0. The summed E-state index contributed by atoms with van der Waals surface area (Å²) in [6.07, 6.45) is 3.55. The molecule has 1 saturated heterocycles. The maximum atomic E-state index is 14.5. The number of piperazine rings is 1. The molecule has 4 aromatic rings. The number of nitrogens with one attached hydrogen (secondary N) is 1. The molecule has 1 aliphatic heterocycles. The predicted molar refractivity (Wildman–Crippen MR) is 197 cm³/mol. The minimum absolute atomic E-state index is 0.195. The van der Waals surface area contributed by atoms with E-state index in [2.05, 4.69) is 34.3 Å². The predicted octanol–water partition coefficient (Wildman–Crippen LogP) is 7.74. The van der Waals surface area contributed by atoms with Crippen molar-refractivity contribution < 1.29 is 27.5 Å². The third-order valence-electron chi connectivity index (χ3n) is 9.42. The molecule has 10 heteroatoms. The molecule has 1 fully saturated rings. The summed E-state index contributed by atoms with van der Waals surface area (Å²) in [5, 5.41) is 3.01. The van der Waals surface area contributed by atoms with Crippen LogP contribution in [-0.2, 0) is 41.7 Å². The van der Waals surface area contributed by atoms with E-state index >= 15 is 0 Å². The van der Waals surface area contributed by atoms with Crippen LogP contribution < -0.4 is 10.1 Å². The number of amides is 2. The lowest BCUT2D eigenvalue weighted by Crippen LogP contribution is -2.51. The highest BCUT2D eigenvalue weighted by Gasteiger charge is 2.34. The number of ether oxygens (including phenoxy) is 1. The summed E-state index contributed by atoms with van der Waals surface area (Å²) in [6, 6.07) is 26.1. The first-order valence-electron chi connectivity index (χ1n) is 17.9. The number of carbonyl (C=O) groups excluding carboxylic acids is 2. The third kappa shape index (κ3) is 11.0. The molecule has 1 atom stereocenters. The van der Waals surface area contributed by atoms with Gasteiger partial charge in [0.05, 0.1) is 18.6 Å². The summed E-state index contributed by atoms with van der Waals surface area (Å²) in [5.41, 5.74) is 3.88. The maximum absolute atomic E-state index is 14.5. The van der Waals surface area contributed by atoms with Crippen LogP contribution in [-0.4, -0.2) is 59.9 Å². The monoisotopic (exact) mass is 712 g/mol. The molecule has 1 aromatic heterocycles. The second-order valence-corrected chi connectivity index (χ2v) is 13.2. The second-order valence-electron chi connectivity index (χ2n) is 13.2. The number of alkyl halides is 3. The Morgan fingerprint density at radius 3 is 2.13 bits per heavy atom. The number of carbonyl (C=O) groups is 2. The highest BCUT2D eigenvalue weighted by molar-refractivity contribution is 6.04. The molecular weight excluding hydrogens is 665 g/mol. The van der Waals surface area contributed by atoms with Crippen LogP contribution in [0, 0.1) is 5.92 Å². The Kier molecular flexibility index (Phi) is 13.6. The minimum atomic E-state index is -4.49. The number of halogens is 3. The van der Waals surface area contributed by atoms with E-state index in [1.54, 1.807) is 24.3 Å². The number of methoxy groups -OCH3 is 1. The van der Waals surface area contributed by atoms with Gasteiger partial charge in [0.25, 0.3) is 0 Å². The van der Waals surface area contributed by atoms with E-state index in [-0.39, 0.29) is 24.4 Å². The zero-order chi connectivity index (χ0) is 36.9. The van der Waals surface area contributed by atoms with E-state index in [1.165, 1.54) is 24.1 Å². The molecule has 0 saturated carbocycles. The van der Waals surface area contributed by atoms with Crippen molar-refractivity contribution in [2.45, 2.75) is 58.3 Å². The lowest BCUT2D eigenvalue weighted by atomic mass is 9.88. The van der Waals surface area contributed by atoms with E-state index in [0.29, 0.717) is 44.2 Å². The van der Waals surface area contributed by atoms with E-state index < -0.39 is 23.6 Å². The molecule has 0 aliphatic carbocycles. The van der Waals surface area contributed by atoms with Gasteiger partial charge in [-0.3, -0.25) is 14.5 Å². The summed E-state index contributed by atoms with van der Waals surface area (Å²) in [4.78, 5) is 37.0. The molecule has 7 nitrogen and oxygen atoms in total. The summed E-state index contributed by atoms with van der Waals surface area (Å²) in [5.74, 6) is -0.960. The number of benzene rings is 3. The summed E-state index contributed by atoms with van der Waals surface area (Å²) in [6.45, 7) is 5.29. The first kappa shape index (κ1) is 38.3. The quantitative estimate of drug-likeness (QED) is 0.101. The van der Waals surface area contributed by atoms with Crippen LogP contribution in [0.15, 0.2) is 103 Å². The van der Waals surface area contributed by atoms with Crippen molar-refractivity contribution in [2.75, 3.05) is 33.3 Å². The highest BCUT2D eigenvalue weighted by Crippen LogP contribution is 2.30. The molecule has 2 heterocycles. The van der Waals surface area contributed by atoms with Crippen LogP contribution >= 0.6 is 0 Å². The maximum Gasteiger partial charge on any atom is 0.416 e. The molecule has 0 radical (unpaired) electrons. The zero-order valence-corrected chi connectivity index (χ0v) is 29.9. The average molecular weight is 713 g/mol. The van der Waals surface area contributed by atoms with Crippen LogP contribution in [0.2, 0.25) is 0 Å². The Labute approximate surface area is 304 Å². The first-order valence-corrected chi connectivity index (χ1v) is 17.9. The Bertz CT molecular complexity index is 1750. The van der Waals surface area contributed by atoms with Gasteiger partial charge in [0, 0.05) is 57.1 Å². The lowest BCUT2D eigenvalue weighted by molar-refractivity contribution is -0.138. The smallest absolute Gasteiger partial charge is 0.416 e. The molecule has 52 heavy (non-hydrogen) atoms. The SMILES string of the molecule is CCCCCc1ccc(CNC(=O)C(=Cc2ccc(C(F)(F)F)cc2)[C@H](Cc2ccccc2)C(=O)N2CCN(Cc3ccc(OC)nc3)CC2)cc1. The Morgan fingerprint density at radius 1 is 0.846 bits per heavy atom. The number of aryl methyl sites for hydroxylation is 1. The van der Waals surface area contributed by atoms with Gasteiger partial charge in [0.15, 0.2) is 0 Å². The topological polar surface area (TPSA) is 74.8 Å². The number of unbranched alkanes of at least 4 members (excludes halogenated alkanes) is 2. The highest BCUT2D eigenvalue weighted by atomic mass is 19.4. The first-order chi connectivity index (χ1) is 25.1. The van der Waals surface area contributed by atoms with Gasteiger partial charge in [-0.1, -0.05) is 92.6 Å². The van der Waals surface area contributed by atoms with Gasteiger partial charge in [-0.25, -0.2) is 4.98 Å². The van der Waals surface area contributed by atoms with Crippen molar-refractivity contribution in [3.63, 3.8) is 0 Å². The van der Waals surface area contributed by atoms with Crippen LogP contribution in [0.5, 0.6) is 5.88 Å². The minimum Gasteiger partial charge on any atom is -0.481 e. The van der Waals surface area contributed by atoms with Gasteiger partial charge in [-0.2, -0.15) is 13.2 Å². The van der Waals surface area contributed by atoms with Crippen molar-refractivity contribution in [3.05, 3.63) is 136 Å². The van der Waals surface area contributed by atoms with Crippen molar-refractivity contribution in [1.82, 2.24) is 20.1 Å². The van der Waals surface area contributed by atoms with Crippen molar-refractivity contribution in [3.8, 4) is 5.88 Å². The average Bonchev–Trinajstić information content (AvgIpc) is 3.16. The van der Waals surface area contributed by atoms with Gasteiger partial charge >= 0.3 is 6.18 Å². The number of pyridine rings is 1. The largest absolute Gasteiger partial charge is 0.481 e. The van der Waals surface area contributed by atoms with Gasteiger partial charge in [-0.15, -0.1) is 0 Å². The fraction of sp³-hybridized carbons (Fsp3) is 0.357. The molecule has 0 spiro atoms. The van der Waals surface area contributed by atoms with E-state index in [4.69, 9.17) is 4.74 Å². The number of aromatic nitrogens is 1. The van der Waals surface area contributed by atoms with Gasteiger partial charge < -0.3 is 15.0 Å². The molecule has 3 aromatic carbocycles. The van der Waals surface area contributed by atoms with Crippen LogP contribution in [0.25, 0.3) is 6.08 Å². The Hall–Kier alpha value is -4.96. The fourth-order valence-electron chi connectivity index (χ4n) is 6.37. The van der Waals surface area contributed by atoms with E-state index in [0.717, 1.165) is 48.1 Å². The fourth-order valence-corrected chi connectivity index (χ4v) is 6.37. The Balaban J connectivity index is 1.38. The third-order valence-corrected chi connectivity index (χ3v) is 9.42. The number of hydrogen-bond acceptors (Lipinski definition) is 5. The van der Waals surface area contributed by atoms with Crippen LogP contribution in [0.4, 0.5) is 13.2 Å². The van der Waals surface area contributed by atoms with E-state index in [9.17, 15) is 22.8 Å². The molecule has 5 rings (SSSR count). The number of rotatable bonds is 15. The van der Waals surface area contributed by atoms with Gasteiger partial charge in [-0.05, 0) is 65.3 Å². The van der Waals surface area contributed by atoms with Crippen LogP contribution in [0.1, 0.15) is 59.6 Å². The van der Waals surface area contributed by atoms with Crippen LogP contribution in [0.3, 0.4) is 0 Å². The molecule has 2 amide bonds. The standard InChI is InChI=1S/C42H47F3N4O3/c1-3-4-6-9-31-12-14-34(15-13-31)28-47-40(50)37(26-33-16-19-36(20-17-33)42(43,44)45)38(27-32-10-7-5-8-11-32)41(51)49-24-22-48(23-25-49)30-35-18-21-39(52-2)46-29-35/h5,7-8,10-21,26,29,38H,3-4,6,9,22-25,27-28,30H2,1-2H3,(H,47,50)/t38-/m0/s1. The van der Waals surface area contributed by atoms with Crippen molar-refractivity contribution in [1.29, 1.82) is 0 Å². The second kappa shape index (κ2) is 18.5. The molecular formula is C42H47F3N4O3. The number of hydrogen-bond donors (Lipinski definition) is 1. The molecule has 1 N–H and O–H groups in total. The summed E-state index contributed by atoms with van der Waals surface area (Å²) in [7, 11) is 1.57. The summed E-state index contributed by atoms with van der Waals surface area (Å²) < 4.78 is 45.4. The molecule has 0 bridgehead atoms. The zero-order valence-electron chi connectivity index (χ0n) is 29.9. The molecule has 1 aliphatic rings. The number of nitrogens with zero attached hydrogens (tertiary/aromatic N) is 3.